The van der Waals surface area contributed by atoms with Crippen LogP contribution in [0.4, 0.5) is 0 Å². The molecule has 0 spiro atoms. The van der Waals surface area contributed by atoms with Crippen LogP contribution >= 0.6 is 23.1 Å². The Bertz CT molecular complexity index is 1110. The largest absolute Gasteiger partial charge is 0.510 e. The smallest absolute Gasteiger partial charge is 0.196 e. The topological polar surface area (TPSA) is 87.1 Å². The molecule has 3 aromatic heterocycles. The maximum Gasteiger partial charge on any atom is 0.196 e. The van der Waals surface area contributed by atoms with Gasteiger partial charge < -0.3 is 5.11 Å². The first kappa shape index (κ1) is 15.6. The number of thioether (sulfide) groups is 1. The molecule has 0 aliphatic rings. The molecule has 1 aromatic carbocycles. The summed E-state index contributed by atoms with van der Waals surface area (Å²) in [6.07, 6.45) is 1.86. The molecule has 0 amide bonds. The first-order valence-electron chi connectivity index (χ1n) is 7.37. The number of hydrogen-bond donors (Lipinski definition) is 1. The van der Waals surface area contributed by atoms with Crippen LogP contribution in [-0.2, 0) is 0 Å². The molecule has 0 saturated carbocycles. The van der Waals surface area contributed by atoms with Crippen LogP contribution in [0.15, 0.2) is 59.6 Å². The number of aliphatic hydroxyl groups excluding tert-OH is 1. The Morgan fingerprint density at radius 1 is 1.20 bits per heavy atom. The molecule has 3 heterocycles. The molecule has 6 nitrogen and oxygen atoms in total. The van der Waals surface area contributed by atoms with Gasteiger partial charge in [-0.25, -0.2) is 4.98 Å². The number of hydrogen-bond acceptors (Lipinski definition) is 7. The molecule has 0 bridgehead atoms. The standard InChI is InChI=1S/C17H11N5OS2/c18-9-11(16-19-12-5-1-2-6-14(12)25-16)13(23)10-24-17-21-20-15-7-3-4-8-22(15)17/h1-8,23H,10H2/b13-11-. The summed E-state index contributed by atoms with van der Waals surface area (Å²) in [6.45, 7) is 0. The summed E-state index contributed by atoms with van der Waals surface area (Å²) in [6, 6.07) is 15.3. The number of benzene rings is 1. The van der Waals surface area contributed by atoms with Crippen molar-refractivity contribution in [3.8, 4) is 6.07 Å². The lowest BCUT2D eigenvalue weighted by atomic mass is 10.2. The van der Waals surface area contributed by atoms with E-state index in [9.17, 15) is 10.4 Å². The highest BCUT2D eigenvalue weighted by Gasteiger charge is 2.15. The fraction of sp³-hybridized carbons (Fsp3) is 0.0588. The Morgan fingerprint density at radius 3 is 2.88 bits per heavy atom. The van der Waals surface area contributed by atoms with Gasteiger partial charge in [-0.3, -0.25) is 4.40 Å². The summed E-state index contributed by atoms with van der Waals surface area (Å²) >= 11 is 2.71. The van der Waals surface area contributed by atoms with Crippen molar-refractivity contribution < 1.29 is 5.11 Å². The molecule has 0 radical (unpaired) electrons. The molecular weight excluding hydrogens is 354 g/mol. The van der Waals surface area contributed by atoms with Crippen molar-refractivity contribution in [2.75, 3.05) is 5.75 Å². The number of aromatic nitrogens is 4. The molecule has 0 aliphatic carbocycles. The Hall–Kier alpha value is -2.89. The molecule has 0 unspecified atom stereocenters. The van der Waals surface area contributed by atoms with Gasteiger partial charge >= 0.3 is 0 Å². The van der Waals surface area contributed by atoms with E-state index in [2.05, 4.69) is 21.3 Å². The van der Waals surface area contributed by atoms with Crippen LogP contribution in [0.1, 0.15) is 5.01 Å². The lowest BCUT2D eigenvalue weighted by Crippen LogP contribution is -1.94. The monoisotopic (exact) mass is 365 g/mol. The molecule has 4 rings (SSSR count). The van der Waals surface area contributed by atoms with Gasteiger partial charge in [0.2, 0.25) is 0 Å². The average molecular weight is 365 g/mol. The fourth-order valence-electron chi connectivity index (χ4n) is 2.34. The summed E-state index contributed by atoms with van der Waals surface area (Å²) in [7, 11) is 0. The fourth-order valence-corrected chi connectivity index (χ4v) is 4.12. The maximum atomic E-state index is 10.4. The number of thiazole rings is 1. The van der Waals surface area contributed by atoms with Crippen molar-refractivity contribution in [1.29, 1.82) is 5.26 Å². The van der Waals surface area contributed by atoms with Crippen LogP contribution < -0.4 is 0 Å². The zero-order valence-corrected chi connectivity index (χ0v) is 14.5. The van der Waals surface area contributed by atoms with Gasteiger partial charge in [0.1, 0.15) is 22.4 Å². The van der Waals surface area contributed by atoms with Crippen LogP contribution in [-0.4, -0.2) is 30.4 Å². The van der Waals surface area contributed by atoms with Crippen molar-refractivity contribution >= 4 is 44.5 Å². The summed E-state index contributed by atoms with van der Waals surface area (Å²) in [5.41, 5.74) is 1.75. The van der Waals surface area contributed by atoms with Gasteiger partial charge in [0, 0.05) is 6.20 Å². The van der Waals surface area contributed by atoms with Crippen LogP contribution in [0.3, 0.4) is 0 Å². The third kappa shape index (κ3) is 2.95. The summed E-state index contributed by atoms with van der Waals surface area (Å²) in [5.74, 6) is 0.202. The Balaban J connectivity index is 1.62. The van der Waals surface area contributed by atoms with E-state index in [0.29, 0.717) is 10.2 Å². The minimum absolute atomic E-state index is 0.0146. The Labute approximate surface area is 151 Å². The average Bonchev–Trinajstić information content (AvgIpc) is 3.24. The van der Waals surface area contributed by atoms with Crippen molar-refractivity contribution in [3.63, 3.8) is 0 Å². The SMILES string of the molecule is N#C/C(=C(/O)CSc1nnc2ccccn12)c1nc2ccccc2s1. The van der Waals surface area contributed by atoms with Gasteiger partial charge in [-0.15, -0.1) is 21.5 Å². The van der Waals surface area contributed by atoms with E-state index in [1.54, 1.807) is 0 Å². The second-order valence-corrected chi connectivity index (χ2v) is 7.09. The number of aliphatic hydroxyl groups is 1. The number of pyridine rings is 1. The highest BCUT2D eigenvalue weighted by Crippen LogP contribution is 2.29. The molecule has 0 saturated heterocycles. The van der Waals surface area contributed by atoms with Crippen molar-refractivity contribution in [2.45, 2.75) is 5.16 Å². The number of rotatable bonds is 4. The lowest BCUT2D eigenvalue weighted by Gasteiger charge is -2.01. The summed E-state index contributed by atoms with van der Waals surface area (Å²) in [5, 5.41) is 29.2. The van der Waals surface area contributed by atoms with E-state index in [-0.39, 0.29) is 17.1 Å². The van der Waals surface area contributed by atoms with E-state index < -0.39 is 0 Å². The van der Waals surface area contributed by atoms with Gasteiger partial charge in [0.15, 0.2) is 10.8 Å². The molecule has 0 atom stereocenters. The normalized spacial score (nSPS) is 12.3. The minimum Gasteiger partial charge on any atom is -0.510 e. The molecule has 8 heteroatoms. The van der Waals surface area contributed by atoms with Gasteiger partial charge in [0.25, 0.3) is 0 Å². The van der Waals surface area contributed by atoms with Crippen LogP contribution in [0.25, 0.3) is 21.4 Å². The van der Waals surface area contributed by atoms with Crippen molar-refractivity contribution in [1.82, 2.24) is 19.6 Å². The highest BCUT2D eigenvalue weighted by atomic mass is 32.2. The van der Waals surface area contributed by atoms with Crippen LogP contribution in [0, 0.1) is 11.3 Å². The zero-order chi connectivity index (χ0) is 17.2. The zero-order valence-electron chi connectivity index (χ0n) is 12.8. The van der Waals surface area contributed by atoms with Crippen molar-refractivity contribution in [3.05, 3.63) is 59.4 Å². The summed E-state index contributed by atoms with van der Waals surface area (Å²) in [4.78, 5) is 4.44. The van der Waals surface area contributed by atoms with E-state index in [1.807, 2.05) is 53.1 Å². The van der Waals surface area contributed by atoms with E-state index in [1.165, 1.54) is 23.1 Å². The van der Waals surface area contributed by atoms with Gasteiger partial charge in [-0.1, -0.05) is 30.0 Å². The Kier molecular flexibility index (Phi) is 4.09. The second-order valence-electron chi connectivity index (χ2n) is 5.12. The third-order valence-electron chi connectivity index (χ3n) is 3.53. The molecule has 4 aromatic rings. The second kappa shape index (κ2) is 6.55. The molecule has 1 N–H and O–H groups in total. The first-order chi connectivity index (χ1) is 12.3. The number of allylic oxidation sites excluding steroid dienone is 1. The quantitative estimate of drug-likeness (QED) is 0.335. The summed E-state index contributed by atoms with van der Waals surface area (Å²) < 4.78 is 2.82. The predicted molar refractivity (Wildman–Crippen MR) is 98.5 cm³/mol. The first-order valence-corrected chi connectivity index (χ1v) is 9.17. The number of fused-ring (bicyclic) bond motifs is 2. The molecule has 122 valence electrons. The van der Waals surface area contributed by atoms with Crippen LogP contribution in [0.2, 0.25) is 0 Å². The van der Waals surface area contributed by atoms with Gasteiger partial charge in [0.05, 0.1) is 16.0 Å². The van der Waals surface area contributed by atoms with Gasteiger partial charge in [-0.2, -0.15) is 5.26 Å². The number of para-hydroxylation sites is 1. The molecule has 0 fully saturated rings. The number of nitrogens with zero attached hydrogens (tertiary/aromatic N) is 5. The van der Waals surface area contributed by atoms with Gasteiger partial charge in [-0.05, 0) is 24.3 Å². The van der Waals surface area contributed by atoms with E-state index in [0.717, 1.165) is 15.9 Å². The number of nitriles is 1. The van der Waals surface area contributed by atoms with E-state index >= 15 is 0 Å². The van der Waals surface area contributed by atoms with E-state index in [4.69, 9.17) is 0 Å². The Morgan fingerprint density at radius 2 is 2.04 bits per heavy atom. The third-order valence-corrected chi connectivity index (χ3v) is 5.54. The molecule has 25 heavy (non-hydrogen) atoms. The lowest BCUT2D eigenvalue weighted by molar-refractivity contribution is 0.420. The molecule has 0 aliphatic heterocycles. The predicted octanol–water partition coefficient (Wildman–Crippen LogP) is 3.92. The van der Waals surface area contributed by atoms with Crippen molar-refractivity contribution in [2.24, 2.45) is 0 Å². The molecular formula is C17H11N5OS2. The van der Waals surface area contributed by atoms with Crippen LogP contribution in [0.5, 0.6) is 0 Å². The maximum absolute atomic E-state index is 10.4. The minimum atomic E-state index is -0.0146. The highest BCUT2D eigenvalue weighted by molar-refractivity contribution is 7.99.